The normalized spacial score (nSPS) is 31.4. The summed E-state index contributed by atoms with van der Waals surface area (Å²) in [4.78, 5) is 22.9. The van der Waals surface area contributed by atoms with E-state index in [-0.39, 0.29) is 30.0 Å². The molecule has 3 nitrogen and oxygen atoms in total. The lowest BCUT2D eigenvalue weighted by Crippen LogP contribution is -2.34. The average molecular weight is 192 g/mol. The second-order valence-electron chi connectivity index (χ2n) is 3.81. The highest BCUT2D eigenvalue weighted by molar-refractivity contribution is 6.07. The second-order valence-corrected chi connectivity index (χ2v) is 3.81. The zero-order chi connectivity index (χ0) is 10.1. The van der Waals surface area contributed by atoms with Crippen molar-refractivity contribution in [3.05, 3.63) is 23.8 Å². The van der Waals surface area contributed by atoms with E-state index in [2.05, 4.69) is 0 Å². The fourth-order valence-electron chi connectivity index (χ4n) is 2.12. The maximum Gasteiger partial charge on any atom is 0.159 e. The van der Waals surface area contributed by atoms with Crippen molar-refractivity contribution in [2.45, 2.75) is 12.8 Å². The molecular weight excluding hydrogens is 180 g/mol. The molecule has 2 aliphatic carbocycles. The third-order valence-corrected chi connectivity index (χ3v) is 2.97. The van der Waals surface area contributed by atoms with Gasteiger partial charge in [-0.25, -0.2) is 0 Å². The minimum absolute atomic E-state index is 0.00555. The van der Waals surface area contributed by atoms with E-state index in [4.69, 9.17) is 5.11 Å². The van der Waals surface area contributed by atoms with Gasteiger partial charge in [0.05, 0.1) is 6.61 Å². The van der Waals surface area contributed by atoms with Crippen LogP contribution in [-0.2, 0) is 9.59 Å². The predicted octanol–water partition coefficient (Wildman–Crippen LogP) is 0.639. The summed E-state index contributed by atoms with van der Waals surface area (Å²) in [6.07, 6.45) is 5.75. The molecule has 74 valence electrons. The molecule has 2 unspecified atom stereocenters. The lowest BCUT2D eigenvalue weighted by Gasteiger charge is -2.29. The highest BCUT2D eigenvalue weighted by Gasteiger charge is 2.36. The Balaban J connectivity index is 2.26. The molecule has 1 N–H and O–H groups in total. The van der Waals surface area contributed by atoms with Crippen LogP contribution in [0.1, 0.15) is 12.8 Å². The fourth-order valence-corrected chi connectivity index (χ4v) is 2.12. The van der Waals surface area contributed by atoms with Crippen molar-refractivity contribution in [1.82, 2.24) is 0 Å². The van der Waals surface area contributed by atoms with Crippen molar-refractivity contribution in [3.63, 3.8) is 0 Å². The summed E-state index contributed by atoms with van der Waals surface area (Å²) in [7, 11) is 0. The molecule has 0 aliphatic heterocycles. The van der Waals surface area contributed by atoms with Gasteiger partial charge in [0.1, 0.15) is 0 Å². The molecule has 2 atom stereocenters. The van der Waals surface area contributed by atoms with Crippen LogP contribution >= 0.6 is 0 Å². The van der Waals surface area contributed by atoms with Crippen LogP contribution in [0.2, 0.25) is 0 Å². The summed E-state index contributed by atoms with van der Waals surface area (Å²) in [5.74, 6) is -0.334. The van der Waals surface area contributed by atoms with Crippen LogP contribution in [0.25, 0.3) is 0 Å². The Kier molecular flexibility index (Phi) is 2.33. The molecule has 2 aliphatic rings. The van der Waals surface area contributed by atoms with Crippen LogP contribution in [0.4, 0.5) is 0 Å². The first-order chi connectivity index (χ1) is 6.72. The van der Waals surface area contributed by atoms with E-state index < -0.39 is 0 Å². The van der Waals surface area contributed by atoms with Gasteiger partial charge >= 0.3 is 0 Å². The van der Waals surface area contributed by atoms with Crippen LogP contribution in [-0.4, -0.2) is 23.3 Å². The van der Waals surface area contributed by atoms with E-state index in [1.807, 2.05) is 6.08 Å². The topological polar surface area (TPSA) is 54.4 Å². The molecule has 0 heterocycles. The first-order valence-electron chi connectivity index (χ1n) is 4.77. The highest BCUT2D eigenvalue weighted by Crippen LogP contribution is 2.33. The maximum atomic E-state index is 11.5. The van der Waals surface area contributed by atoms with Crippen LogP contribution in [0, 0.1) is 11.8 Å². The number of ketones is 2. The highest BCUT2D eigenvalue weighted by atomic mass is 16.3. The Bertz CT molecular complexity index is 338. The number of aliphatic hydroxyl groups is 1. The number of allylic oxidation sites excluding steroid dienone is 3. The lowest BCUT2D eigenvalue weighted by atomic mass is 9.72. The minimum Gasteiger partial charge on any atom is -0.392 e. The van der Waals surface area contributed by atoms with Crippen LogP contribution in [0.3, 0.4) is 0 Å². The van der Waals surface area contributed by atoms with Gasteiger partial charge in [-0.3, -0.25) is 9.59 Å². The quantitative estimate of drug-likeness (QED) is 0.620. The molecule has 0 aromatic heterocycles. The molecule has 0 saturated carbocycles. The third kappa shape index (κ3) is 1.44. The summed E-state index contributed by atoms with van der Waals surface area (Å²) in [5.41, 5.74) is 0.878. The fraction of sp³-hybridized carbons (Fsp3) is 0.455. The number of rotatable bonds is 1. The summed E-state index contributed by atoms with van der Waals surface area (Å²) in [5, 5.41) is 8.95. The van der Waals surface area contributed by atoms with Crippen molar-refractivity contribution < 1.29 is 14.7 Å². The predicted molar refractivity (Wildman–Crippen MR) is 50.5 cm³/mol. The van der Waals surface area contributed by atoms with Crippen molar-refractivity contribution in [1.29, 1.82) is 0 Å². The Labute approximate surface area is 82.1 Å². The second kappa shape index (κ2) is 3.50. The number of hydrogen-bond acceptors (Lipinski definition) is 3. The molecule has 0 amide bonds. The number of fused-ring (bicyclic) bond motifs is 1. The Morgan fingerprint density at radius 3 is 2.50 bits per heavy atom. The molecule has 0 bridgehead atoms. The Morgan fingerprint density at radius 1 is 1.21 bits per heavy atom. The van der Waals surface area contributed by atoms with Gasteiger partial charge in [-0.15, -0.1) is 0 Å². The van der Waals surface area contributed by atoms with Gasteiger partial charge in [0.2, 0.25) is 0 Å². The molecule has 0 fully saturated rings. The summed E-state index contributed by atoms with van der Waals surface area (Å²) >= 11 is 0. The first-order valence-corrected chi connectivity index (χ1v) is 4.77. The molecule has 0 radical (unpaired) electrons. The van der Waals surface area contributed by atoms with Crippen molar-refractivity contribution in [3.8, 4) is 0 Å². The SMILES string of the molecule is O=C1C=CC(=O)C2CC(CO)=CCC12. The van der Waals surface area contributed by atoms with Gasteiger partial charge in [0, 0.05) is 11.8 Å². The zero-order valence-corrected chi connectivity index (χ0v) is 7.77. The largest absolute Gasteiger partial charge is 0.392 e. The molecule has 0 aromatic rings. The summed E-state index contributed by atoms with van der Waals surface area (Å²) in [6.45, 7) is -0.00555. The van der Waals surface area contributed by atoms with Crippen LogP contribution in [0.15, 0.2) is 23.8 Å². The number of carbonyl (C=O) groups excluding carboxylic acids is 2. The zero-order valence-electron chi connectivity index (χ0n) is 7.77. The maximum absolute atomic E-state index is 11.5. The lowest BCUT2D eigenvalue weighted by molar-refractivity contribution is -0.129. The average Bonchev–Trinajstić information content (AvgIpc) is 2.23. The molecule has 2 rings (SSSR count). The van der Waals surface area contributed by atoms with Gasteiger partial charge in [0.15, 0.2) is 11.6 Å². The Morgan fingerprint density at radius 2 is 1.86 bits per heavy atom. The van der Waals surface area contributed by atoms with Crippen molar-refractivity contribution in [2.24, 2.45) is 11.8 Å². The van der Waals surface area contributed by atoms with E-state index in [1.165, 1.54) is 12.2 Å². The molecule has 0 aromatic carbocycles. The van der Waals surface area contributed by atoms with Crippen LogP contribution in [0.5, 0.6) is 0 Å². The minimum atomic E-state index is -0.223. The number of carbonyl (C=O) groups is 2. The van der Waals surface area contributed by atoms with E-state index in [1.54, 1.807) is 0 Å². The smallest absolute Gasteiger partial charge is 0.159 e. The molecule has 3 heteroatoms. The molecule has 0 spiro atoms. The van der Waals surface area contributed by atoms with Crippen molar-refractivity contribution >= 4 is 11.6 Å². The van der Waals surface area contributed by atoms with E-state index in [9.17, 15) is 9.59 Å². The Hall–Kier alpha value is -1.22. The van der Waals surface area contributed by atoms with E-state index >= 15 is 0 Å². The van der Waals surface area contributed by atoms with Crippen molar-refractivity contribution in [2.75, 3.05) is 6.61 Å². The number of aliphatic hydroxyl groups excluding tert-OH is 1. The van der Waals surface area contributed by atoms with E-state index in [0.29, 0.717) is 12.8 Å². The number of hydrogen-bond donors (Lipinski definition) is 1. The van der Waals surface area contributed by atoms with Gasteiger partial charge in [0.25, 0.3) is 0 Å². The summed E-state index contributed by atoms with van der Waals surface area (Å²) in [6, 6.07) is 0. The molecule has 0 saturated heterocycles. The van der Waals surface area contributed by atoms with Gasteiger partial charge < -0.3 is 5.11 Å². The van der Waals surface area contributed by atoms with Gasteiger partial charge in [-0.2, -0.15) is 0 Å². The molecule has 14 heavy (non-hydrogen) atoms. The third-order valence-electron chi connectivity index (χ3n) is 2.97. The van der Waals surface area contributed by atoms with Gasteiger partial charge in [-0.05, 0) is 30.6 Å². The van der Waals surface area contributed by atoms with Gasteiger partial charge in [-0.1, -0.05) is 6.08 Å². The monoisotopic (exact) mass is 192 g/mol. The molecular formula is C11H12O3. The van der Waals surface area contributed by atoms with E-state index in [0.717, 1.165) is 5.57 Å². The van der Waals surface area contributed by atoms with Crippen LogP contribution < -0.4 is 0 Å². The summed E-state index contributed by atoms with van der Waals surface area (Å²) < 4.78 is 0. The standard InChI is InChI=1S/C11H12O3/c12-6-7-1-2-8-9(5-7)11(14)4-3-10(8)13/h1,3-4,8-9,12H,2,5-6H2. The first kappa shape index (κ1) is 9.34.